The summed E-state index contributed by atoms with van der Waals surface area (Å²) in [6.07, 6.45) is 6.46. The molecule has 3 aromatic heterocycles. The third-order valence-electron chi connectivity index (χ3n) is 5.26. The molecule has 0 bridgehead atoms. The highest BCUT2D eigenvalue weighted by molar-refractivity contribution is 6.31. The van der Waals surface area contributed by atoms with Crippen molar-refractivity contribution in [2.24, 2.45) is 0 Å². The molecule has 0 spiro atoms. The molecule has 4 heterocycles. The van der Waals surface area contributed by atoms with Gasteiger partial charge in [-0.1, -0.05) is 11.6 Å². The number of amides is 2. The van der Waals surface area contributed by atoms with Crippen molar-refractivity contribution in [3.63, 3.8) is 0 Å². The number of carbonyl (C=O) groups excluding carboxylic acids is 2. The van der Waals surface area contributed by atoms with Gasteiger partial charge in [-0.25, -0.2) is 9.50 Å². The van der Waals surface area contributed by atoms with Gasteiger partial charge >= 0.3 is 6.61 Å². The molecule has 0 aliphatic carbocycles. The number of benzene rings is 1. The number of carbonyl (C=O) groups is 2. The predicted molar refractivity (Wildman–Crippen MR) is 117 cm³/mol. The van der Waals surface area contributed by atoms with Gasteiger partial charge < -0.3 is 15.4 Å². The van der Waals surface area contributed by atoms with E-state index in [4.69, 9.17) is 11.6 Å². The fourth-order valence-corrected chi connectivity index (χ4v) is 3.91. The lowest BCUT2D eigenvalue weighted by Crippen LogP contribution is -2.22. The summed E-state index contributed by atoms with van der Waals surface area (Å²) in [4.78, 5) is 29.5. The van der Waals surface area contributed by atoms with Crippen LogP contribution in [0.1, 0.15) is 22.8 Å². The molecule has 0 radical (unpaired) electrons. The van der Waals surface area contributed by atoms with Gasteiger partial charge in [-0.05, 0) is 30.7 Å². The molecule has 10 nitrogen and oxygen atoms in total. The molecule has 0 saturated carbocycles. The van der Waals surface area contributed by atoms with E-state index in [-0.39, 0.29) is 39.2 Å². The molecular weight excluding hydrogens is 472 g/mol. The predicted octanol–water partition coefficient (Wildman–Crippen LogP) is 3.16. The van der Waals surface area contributed by atoms with Crippen molar-refractivity contribution in [2.45, 2.75) is 19.1 Å². The van der Waals surface area contributed by atoms with Crippen molar-refractivity contribution in [2.75, 3.05) is 11.9 Å². The van der Waals surface area contributed by atoms with Crippen molar-refractivity contribution in [3.8, 4) is 17.0 Å². The van der Waals surface area contributed by atoms with Crippen molar-refractivity contribution in [1.82, 2.24) is 29.7 Å². The summed E-state index contributed by atoms with van der Waals surface area (Å²) in [5.41, 5.74) is 0.914. The third kappa shape index (κ3) is 4.03. The summed E-state index contributed by atoms with van der Waals surface area (Å²) >= 11 is 6.12. The van der Waals surface area contributed by atoms with Gasteiger partial charge in [-0.15, -0.1) is 0 Å². The monoisotopic (exact) mass is 487 g/mol. The normalized spacial score (nSPS) is 15.6. The van der Waals surface area contributed by atoms with E-state index >= 15 is 0 Å². The Balaban J connectivity index is 1.59. The number of fused-ring (bicyclic) bond motifs is 1. The molecule has 1 aromatic carbocycles. The zero-order valence-corrected chi connectivity index (χ0v) is 18.0. The van der Waals surface area contributed by atoms with E-state index in [1.165, 1.54) is 46.0 Å². The number of hydrogen-bond acceptors (Lipinski definition) is 6. The first-order valence-corrected chi connectivity index (χ1v) is 10.5. The molecule has 1 aliphatic heterocycles. The molecule has 1 atom stereocenters. The van der Waals surface area contributed by atoms with E-state index in [0.717, 1.165) is 0 Å². The maximum atomic E-state index is 13.1. The van der Waals surface area contributed by atoms with Crippen LogP contribution < -0.4 is 15.4 Å². The minimum atomic E-state index is -3.09. The lowest BCUT2D eigenvalue weighted by molar-refractivity contribution is -0.122. The van der Waals surface area contributed by atoms with Gasteiger partial charge in [0.05, 0.1) is 18.1 Å². The second-order valence-corrected chi connectivity index (χ2v) is 7.82. The summed E-state index contributed by atoms with van der Waals surface area (Å²) in [5.74, 6) is -0.980. The fourth-order valence-electron chi connectivity index (χ4n) is 3.74. The molecule has 2 amide bonds. The van der Waals surface area contributed by atoms with Crippen molar-refractivity contribution >= 4 is 34.7 Å². The fraction of sp³-hybridized carbons (Fsp3) is 0.190. The molecule has 5 rings (SSSR count). The molecule has 34 heavy (non-hydrogen) atoms. The molecule has 1 unspecified atom stereocenters. The van der Waals surface area contributed by atoms with Crippen LogP contribution in [0.25, 0.3) is 16.9 Å². The molecule has 1 saturated heterocycles. The van der Waals surface area contributed by atoms with E-state index in [0.29, 0.717) is 18.6 Å². The summed E-state index contributed by atoms with van der Waals surface area (Å²) in [6, 6.07) is 5.12. The van der Waals surface area contributed by atoms with Crippen LogP contribution in [0.2, 0.25) is 5.02 Å². The van der Waals surface area contributed by atoms with Crippen LogP contribution in [0.4, 0.5) is 14.5 Å². The van der Waals surface area contributed by atoms with Crippen molar-refractivity contribution in [1.29, 1.82) is 0 Å². The van der Waals surface area contributed by atoms with Crippen LogP contribution >= 0.6 is 11.6 Å². The van der Waals surface area contributed by atoms with Gasteiger partial charge in [0, 0.05) is 29.5 Å². The molecule has 4 aromatic rings. The van der Waals surface area contributed by atoms with Crippen molar-refractivity contribution in [3.05, 3.63) is 59.6 Å². The Hall–Kier alpha value is -4.06. The zero-order chi connectivity index (χ0) is 23.8. The lowest BCUT2D eigenvalue weighted by Gasteiger charge is -2.11. The van der Waals surface area contributed by atoms with Gasteiger partial charge in [-0.2, -0.15) is 19.0 Å². The van der Waals surface area contributed by atoms with E-state index in [9.17, 15) is 18.4 Å². The van der Waals surface area contributed by atoms with Crippen LogP contribution in [-0.4, -0.2) is 49.3 Å². The zero-order valence-electron chi connectivity index (χ0n) is 17.3. The summed E-state index contributed by atoms with van der Waals surface area (Å²) in [5, 5.41) is 14.2. The molecule has 2 N–H and O–H groups in total. The average Bonchev–Trinajstić information content (AvgIpc) is 3.52. The molecule has 174 valence electrons. The number of nitrogens with zero attached hydrogens (tertiary/aromatic N) is 5. The van der Waals surface area contributed by atoms with Gasteiger partial charge in [0.25, 0.3) is 5.91 Å². The first-order valence-electron chi connectivity index (χ1n) is 10.1. The Morgan fingerprint density at radius 1 is 1.35 bits per heavy atom. The smallest absolute Gasteiger partial charge is 0.387 e. The maximum absolute atomic E-state index is 13.1. The average molecular weight is 488 g/mol. The van der Waals surface area contributed by atoms with Gasteiger partial charge in [0.2, 0.25) is 5.91 Å². The number of rotatable bonds is 6. The van der Waals surface area contributed by atoms with Crippen LogP contribution in [0, 0.1) is 0 Å². The van der Waals surface area contributed by atoms with Crippen LogP contribution in [0.5, 0.6) is 5.75 Å². The van der Waals surface area contributed by atoms with Crippen molar-refractivity contribution < 1.29 is 23.1 Å². The number of hydrogen-bond donors (Lipinski definition) is 2. The van der Waals surface area contributed by atoms with Crippen LogP contribution in [0.15, 0.2) is 49.1 Å². The first kappa shape index (κ1) is 21.8. The Bertz CT molecular complexity index is 1400. The number of anilines is 1. The minimum absolute atomic E-state index is 0.107. The van der Waals surface area contributed by atoms with Gasteiger partial charge in [-0.3, -0.25) is 14.3 Å². The van der Waals surface area contributed by atoms with Crippen LogP contribution in [0.3, 0.4) is 0 Å². The Morgan fingerprint density at radius 2 is 2.21 bits per heavy atom. The SMILES string of the molecule is O=C(Nc1cn(C2CCNC2=O)nc1-c1cc(Cl)ccc1OC(F)F)c1cnn2cccnc12. The highest BCUT2D eigenvalue weighted by Gasteiger charge is 2.29. The number of nitrogens with one attached hydrogen (secondary N) is 2. The maximum Gasteiger partial charge on any atom is 0.387 e. The van der Waals surface area contributed by atoms with Crippen LogP contribution in [-0.2, 0) is 4.79 Å². The van der Waals surface area contributed by atoms with E-state index in [1.54, 1.807) is 12.3 Å². The second-order valence-electron chi connectivity index (χ2n) is 7.39. The standard InChI is InChI=1S/C21H16ClF2N7O3/c22-11-2-3-16(34-21(23)24)12(8-11)17-14(10-31(29-17)15-4-6-26-20(15)33)28-19(32)13-9-27-30-7-1-5-25-18(13)30/h1-3,5,7-10,15,21H,4,6H2,(H,26,33)(H,28,32). The number of ether oxygens (including phenoxy) is 1. The topological polar surface area (TPSA) is 115 Å². The Labute approximate surface area is 195 Å². The minimum Gasteiger partial charge on any atom is -0.434 e. The van der Waals surface area contributed by atoms with E-state index in [1.807, 2.05) is 0 Å². The van der Waals surface area contributed by atoms with E-state index < -0.39 is 18.6 Å². The molecule has 13 heteroatoms. The molecular formula is C21H16ClF2N7O3. The highest BCUT2D eigenvalue weighted by atomic mass is 35.5. The Morgan fingerprint density at radius 3 is 2.97 bits per heavy atom. The lowest BCUT2D eigenvalue weighted by atomic mass is 10.1. The van der Waals surface area contributed by atoms with Gasteiger partial charge in [0.1, 0.15) is 23.0 Å². The second kappa shape index (κ2) is 8.71. The third-order valence-corrected chi connectivity index (χ3v) is 5.49. The number of halogens is 3. The quantitative estimate of drug-likeness (QED) is 0.431. The van der Waals surface area contributed by atoms with Gasteiger partial charge in [0.15, 0.2) is 5.65 Å². The largest absolute Gasteiger partial charge is 0.434 e. The summed E-state index contributed by atoms with van der Waals surface area (Å²) in [6.45, 7) is -2.63. The van der Waals surface area contributed by atoms with E-state index in [2.05, 4.69) is 30.6 Å². The summed E-state index contributed by atoms with van der Waals surface area (Å²) < 4.78 is 33.6. The number of aromatic nitrogens is 5. The number of alkyl halides is 2. The highest BCUT2D eigenvalue weighted by Crippen LogP contribution is 2.38. The molecule has 1 fully saturated rings. The summed E-state index contributed by atoms with van der Waals surface area (Å²) in [7, 11) is 0. The first-order chi connectivity index (χ1) is 16.4. The molecule has 1 aliphatic rings. The Kier molecular flexibility index (Phi) is 5.57.